The average Bonchev–Trinajstić information content (AvgIpc) is 1.55. The van der Waals surface area contributed by atoms with Gasteiger partial charge in [0.2, 0.25) is 5.71 Å². The van der Waals surface area contributed by atoms with Crippen LogP contribution in [0.5, 0.6) is 0 Å². The molecule has 4 N–H and O–H groups in total. The molecule has 0 aliphatic heterocycles. The number of aromatic nitrogens is 3. The molecule has 0 spiro atoms. The van der Waals surface area contributed by atoms with Crippen molar-refractivity contribution in [3.8, 4) is 44.8 Å². The van der Waals surface area contributed by atoms with Gasteiger partial charge < -0.3 is 25.7 Å². The van der Waals surface area contributed by atoms with Crippen molar-refractivity contribution in [3.63, 3.8) is 0 Å². The quantitative estimate of drug-likeness (QED) is 0.0500. The van der Waals surface area contributed by atoms with Crippen molar-refractivity contribution >= 4 is 121 Å². The summed E-state index contributed by atoms with van der Waals surface area (Å²) in [6.45, 7) is 7.09. The molecular weight excluding hydrogens is 1240 g/mol. The number of pyridine rings is 1. The summed E-state index contributed by atoms with van der Waals surface area (Å²) < 4.78 is 47.6. The molecule has 13 aromatic carbocycles. The van der Waals surface area contributed by atoms with E-state index in [9.17, 15) is 10.1 Å². The van der Waals surface area contributed by atoms with Gasteiger partial charge in [-0.15, -0.1) is 11.3 Å². The molecular formula is C86H61N9O3S. The molecule has 0 saturated heterocycles. The Labute approximate surface area is 582 Å². The zero-order chi connectivity index (χ0) is 71.5. The summed E-state index contributed by atoms with van der Waals surface area (Å²) in [6, 6.07) is 96.0. The number of hydrogen-bond donors (Lipinski definition) is 4. The Kier molecular flexibility index (Phi) is 17.2. The number of benzene rings is 13. The Morgan fingerprint density at radius 1 is 0.424 bits per heavy atom. The topological polar surface area (TPSA) is 147 Å². The SMILES string of the molecule is O=[N+]([O-])c1cccc(Nc2ccc3c(c2)oc2nc(-c4ccccc4)ncc23)c1.[2H]c1c([2H])c([2H])c(Nc2cccc3ccccc23)c([2H])c1[2H].[C-]#[N+]c1ccc(-c2cccc(Nc3ccc4sc5ccccc5c4c3)c2)cc1.c1ccc(-c2ccc(Nc3ccc(-c4cccnc4)cc3)cc2)cc1. The molecule has 4 aromatic heterocycles. The zero-order valence-corrected chi connectivity index (χ0v) is 53.7. The molecule has 13 heteroatoms. The minimum atomic E-state index is -0.420. The molecule has 4 heterocycles. The maximum atomic E-state index is 11.0. The van der Waals surface area contributed by atoms with Crippen LogP contribution in [0.1, 0.15) is 6.85 Å². The van der Waals surface area contributed by atoms with Crippen molar-refractivity contribution in [1.82, 2.24) is 15.0 Å². The lowest BCUT2D eigenvalue weighted by molar-refractivity contribution is -0.384. The van der Waals surface area contributed by atoms with E-state index >= 15 is 0 Å². The van der Waals surface area contributed by atoms with Gasteiger partial charge in [0.15, 0.2) is 11.5 Å². The highest BCUT2D eigenvalue weighted by Gasteiger charge is 2.14. The van der Waals surface area contributed by atoms with Crippen molar-refractivity contribution in [1.29, 1.82) is 0 Å². The van der Waals surface area contributed by atoms with Crippen LogP contribution < -0.4 is 21.3 Å². The highest BCUT2D eigenvalue weighted by Crippen LogP contribution is 2.38. The first kappa shape index (κ1) is 57.0. The number of nitrogens with one attached hydrogen (secondary N) is 4. The maximum absolute atomic E-state index is 11.0. The Morgan fingerprint density at radius 2 is 0.980 bits per heavy atom. The number of thiophene rings is 1. The number of rotatable bonds is 13. The highest BCUT2D eigenvalue weighted by atomic mass is 32.1. The average molecular weight is 1310 g/mol. The van der Waals surface area contributed by atoms with Gasteiger partial charge in [-0.05, 0) is 142 Å². The summed E-state index contributed by atoms with van der Waals surface area (Å²) in [6.07, 6.45) is 5.44. The standard InChI is InChI=1S/C25H16N2S.C23H18N2.C22H14N4O3.C16H13N/c1-26-19-11-9-17(10-12-19)18-5-4-6-20(15-18)27-21-13-14-25-23(16-21)22-7-2-3-8-24(22)28-25;1-2-5-18(6-3-1)19-8-12-22(13-9-19)25-23-14-10-20(11-15-23)21-7-4-16-24-17-21;27-26(28)17-8-4-7-15(11-17)24-16-9-10-18-19-13-23-21(14-5-2-1-3-6-14)25-22(19)29-20(18)12-16;1-2-9-14(10-3-1)17-16-12-6-8-13-7-4-5-11-15(13)16/h2-16,27H;1-17,25H;1-13,24H;1-12,17H/i;;;1D,2D,3D,9D,10D. The number of nitro groups is 1. The Hall–Kier alpha value is -13.5. The first-order chi connectivity index (χ1) is 50.9. The molecule has 0 amide bonds. The lowest BCUT2D eigenvalue weighted by Crippen LogP contribution is -1.92. The van der Waals surface area contributed by atoms with Gasteiger partial charge in [0, 0.05) is 119 Å². The van der Waals surface area contributed by atoms with Gasteiger partial charge >= 0.3 is 0 Å². The van der Waals surface area contributed by atoms with E-state index in [1.54, 1.807) is 24.5 Å². The van der Waals surface area contributed by atoms with Crippen LogP contribution in [0.2, 0.25) is 0 Å². The molecule has 0 saturated carbocycles. The number of nitro benzene ring substituents is 1. The van der Waals surface area contributed by atoms with E-state index in [1.807, 2.05) is 145 Å². The van der Waals surface area contributed by atoms with Crippen LogP contribution in [0.15, 0.2) is 350 Å². The van der Waals surface area contributed by atoms with Gasteiger partial charge in [-0.2, -0.15) is 4.98 Å². The van der Waals surface area contributed by atoms with E-state index in [1.165, 1.54) is 43.4 Å². The van der Waals surface area contributed by atoms with E-state index in [-0.39, 0.29) is 35.5 Å². The molecule has 99 heavy (non-hydrogen) atoms. The minimum absolute atomic E-state index is 0.0310. The third-order valence-corrected chi connectivity index (χ3v) is 17.3. The third-order valence-electron chi connectivity index (χ3n) is 16.2. The predicted molar refractivity (Wildman–Crippen MR) is 410 cm³/mol. The number of para-hydroxylation sites is 1. The Morgan fingerprint density at radius 3 is 1.71 bits per heavy atom. The van der Waals surface area contributed by atoms with Crippen molar-refractivity contribution in [3.05, 3.63) is 368 Å². The largest absolute Gasteiger partial charge is 0.437 e. The van der Waals surface area contributed by atoms with Crippen LogP contribution in [0.3, 0.4) is 0 Å². The Bertz CT molecular complexity index is 5870. The lowest BCUT2D eigenvalue weighted by Gasteiger charge is -2.09. The number of fused-ring (bicyclic) bond motifs is 7. The van der Waals surface area contributed by atoms with E-state index < -0.39 is 11.0 Å². The van der Waals surface area contributed by atoms with Crippen LogP contribution in [-0.4, -0.2) is 19.9 Å². The van der Waals surface area contributed by atoms with Crippen molar-refractivity contribution in [2.75, 3.05) is 21.3 Å². The predicted octanol–water partition coefficient (Wildman–Crippen LogP) is 24.5. The molecule has 17 aromatic rings. The summed E-state index contributed by atoms with van der Waals surface area (Å²) in [4.78, 5) is 27.2. The molecule has 0 fully saturated rings. The fourth-order valence-corrected chi connectivity index (χ4v) is 12.4. The molecule has 0 radical (unpaired) electrons. The van der Waals surface area contributed by atoms with Crippen LogP contribution in [-0.2, 0) is 0 Å². The smallest absolute Gasteiger partial charge is 0.271 e. The zero-order valence-electron chi connectivity index (χ0n) is 57.9. The molecule has 0 unspecified atom stereocenters. The first-order valence-electron chi connectivity index (χ1n) is 34.1. The molecule has 0 aliphatic carbocycles. The van der Waals surface area contributed by atoms with Gasteiger partial charge in [-0.1, -0.05) is 206 Å². The van der Waals surface area contributed by atoms with E-state index in [0.29, 0.717) is 34.2 Å². The highest BCUT2D eigenvalue weighted by molar-refractivity contribution is 7.25. The monoisotopic (exact) mass is 1300 g/mol. The van der Waals surface area contributed by atoms with E-state index in [0.717, 1.165) is 77.8 Å². The lowest BCUT2D eigenvalue weighted by atomic mass is 10.0. The molecule has 17 rings (SSSR count). The van der Waals surface area contributed by atoms with Gasteiger partial charge in [-0.3, -0.25) is 15.1 Å². The van der Waals surface area contributed by atoms with Crippen LogP contribution in [0, 0.1) is 16.7 Å². The van der Waals surface area contributed by atoms with Crippen molar-refractivity contribution in [2.45, 2.75) is 0 Å². The molecule has 474 valence electrons. The third kappa shape index (κ3) is 15.3. The number of nitrogens with zero attached hydrogens (tertiary/aromatic N) is 5. The molecule has 0 atom stereocenters. The summed E-state index contributed by atoms with van der Waals surface area (Å²) in [5.41, 5.74) is 16.2. The van der Waals surface area contributed by atoms with Gasteiger partial charge in [0.1, 0.15) is 5.58 Å². The summed E-state index contributed by atoms with van der Waals surface area (Å²) in [5, 5.41) is 30.4. The fourth-order valence-electron chi connectivity index (χ4n) is 11.3. The second-order valence-corrected chi connectivity index (χ2v) is 23.8. The normalized spacial score (nSPS) is 11.4. The second-order valence-electron chi connectivity index (χ2n) is 22.7. The van der Waals surface area contributed by atoms with E-state index in [4.69, 9.17) is 17.8 Å². The summed E-state index contributed by atoms with van der Waals surface area (Å²) in [7, 11) is 0. The Balaban J connectivity index is 0.000000118. The summed E-state index contributed by atoms with van der Waals surface area (Å²) >= 11 is 1.83. The van der Waals surface area contributed by atoms with Gasteiger partial charge in [-0.25, -0.2) is 9.83 Å². The van der Waals surface area contributed by atoms with Gasteiger partial charge in [0.05, 0.1) is 23.7 Å². The second kappa shape index (κ2) is 29.8. The maximum Gasteiger partial charge on any atom is 0.271 e. The number of non-ortho nitro benzene ring substituents is 1. The van der Waals surface area contributed by atoms with Crippen molar-refractivity contribution < 1.29 is 16.2 Å². The van der Waals surface area contributed by atoms with Crippen LogP contribution >= 0.6 is 11.3 Å². The number of anilines is 8. The molecule has 12 nitrogen and oxygen atoms in total. The van der Waals surface area contributed by atoms with E-state index in [2.05, 4.69) is 187 Å². The van der Waals surface area contributed by atoms with Crippen LogP contribution in [0.25, 0.3) is 103 Å². The van der Waals surface area contributed by atoms with Crippen LogP contribution in [0.4, 0.5) is 56.9 Å². The first-order valence-corrected chi connectivity index (χ1v) is 32.5. The van der Waals surface area contributed by atoms with Crippen molar-refractivity contribution in [2.24, 2.45) is 0 Å². The number of furan rings is 1. The number of hydrogen-bond acceptors (Lipinski definition) is 11. The molecule has 0 bridgehead atoms. The molecule has 0 aliphatic rings. The minimum Gasteiger partial charge on any atom is -0.437 e. The fraction of sp³-hybridized carbons (Fsp3) is 0. The van der Waals surface area contributed by atoms with Gasteiger partial charge in [0.25, 0.3) is 5.69 Å². The summed E-state index contributed by atoms with van der Waals surface area (Å²) in [5.74, 6) is 0.604.